The van der Waals surface area contributed by atoms with Crippen LogP contribution in [0.3, 0.4) is 0 Å². The highest BCUT2D eigenvalue weighted by Gasteiger charge is 2.61. The number of fused-ring (bicyclic) bond motifs is 1. The third kappa shape index (κ3) is 4.04. The first-order chi connectivity index (χ1) is 14.7. The summed E-state index contributed by atoms with van der Waals surface area (Å²) in [6.45, 7) is -0.746. The molecule has 1 fully saturated rings. The number of pyridine rings is 1. The van der Waals surface area contributed by atoms with E-state index in [1.807, 2.05) is 0 Å². The zero-order valence-corrected chi connectivity index (χ0v) is 16.8. The minimum atomic E-state index is -4.89. The van der Waals surface area contributed by atoms with Crippen molar-refractivity contribution in [1.29, 1.82) is 0 Å². The first kappa shape index (κ1) is 21.4. The number of methoxy groups -OCH3 is 1. The number of aliphatic hydroxyl groups is 1. The van der Waals surface area contributed by atoms with Gasteiger partial charge in [-0.2, -0.15) is 13.2 Å². The van der Waals surface area contributed by atoms with Gasteiger partial charge in [-0.15, -0.1) is 0 Å². The lowest BCUT2D eigenvalue weighted by Crippen LogP contribution is -2.52. The second-order valence-corrected chi connectivity index (χ2v) is 8.06. The molecule has 4 nitrogen and oxygen atoms in total. The van der Waals surface area contributed by atoms with Gasteiger partial charge < -0.3 is 15.2 Å². The number of hydrogen-bond acceptors (Lipinski definition) is 4. The molecule has 2 aromatic carbocycles. The van der Waals surface area contributed by atoms with Gasteiger partial charge in [0.2, 0.25) is 0 Å². The van der Waals surface area contributed by atoms with Gasteiger partial charge in [-0.25, -0.2) is 4.39 Å². The van der Waals surface area contributed by atoms with Crippen LogP contribution in [0.4, 0.5) is 23.2 Å². The van der Waals surface area contributed by atoms with Crippen LogP contribution < -0.4 is 10.1 Å². The Labute approximate surface area is 176 Å². The number of alkyl halides is 3. The van der Waals surface area contributed by atoms with E-state index < -0.39 is 36.0 Å². The summed E-state index contributed by atoms with van der Waals surface area (Å²) in [5.74, 6) is -0.240. The molecule has 164 valence electrons. The normalized spacial score (nSPS) is 17.2. The maximum Gasteiger partial charge on any atom is 0.418 e. The number of ether oxygens (including phenoxy) is 1. The number of nitrogens with one attached hydrogen (secondary N) is 1. The summed E-state index contributed by atoms with van der Waals surface area (Å²) >= 11 is 0. The van der Waals surface area contributed by atoms with Gasteiger partial charge in [-0.05, 0) is 61.7 Å². The molecule has 1 aromatic heterocycles. The van der Waals surface area contributed by atoms with Crippen LogP contribution in [-0.4, -0.2) is 35.5 Å². The molecule has 1 aliphatic carbocycles. The van der Waals surface area contributed by atoms with E-state index >= 15 is 0 Å². The highest BCUT2D eigenvalue weighted by molar-refractivity contribution is 5.91. The van der Waals surface area contributed by atoms with Gasteiger partial charge in [0.1, 0.15) is 11.6 Å². The van der Waals surface area contributed by atoms with Gasteiger partial charge in [0, 0.05) is 28.2 Å². The summed E-state index contributed by atoms with van der Waals surface area (Å²) in [6.07, 6.45) is -3.08. The van der Waals surface area contributed by atoms with Gasteiger partial charge in [0.15, 0.2) is 5.60 Å². The third-order valence-corrected chi connectivity index (χ3v) is 5.96. The molecule has 4 rings (SSSR count). The fourth-order valence-corrected chi connectivity index (χ4v) is 4.11. The number of aromatic nitrogens is 1. The highest BCUT2D eigenvalue weighted by Crippen LogP contribution is 2.57. The van der Waals surface area contributed by atoms with Crippen molar-refractivity contribution >= 4 is 16.6 Å². The number of rotatable bonds is 7. The molecule has 8 heteroatoms. The number of nitrogens with zero attached hydrogens (tertiary/aromatic N) is 1. The number of halogens is 4. The van der Waals surface area contributed by atoms with Crippen LogP contribution in [0.2, 0.25) is 0 Å². The van der Waals surface area contributed by atoms with Crippen molar-refractivity contribution < 1.29 is 27.4 Å². The Hall–Kier alpha value is -2.87. The molecule has 0 amide bonds. The molecule has 0 aliphatic heterocycles. The second-order valence-electron chi connectivity index (χ2n) is 8.06. The molecule has 1 unspecified atom stereocenters. The molecular weight excluding hydrogens is 412 g/mol. The van der Waals surface area contributed by atoms with Crippen molar-refractivity contribution in [3.05, 3.63) is 66.1 Å². The highest BCUT2D eigenvalue weighted by atomic mass is 19.4. The molecular formula is C23H22F4N2O2. The van der Waals surface area contributed by atoms with Gasteiger partial charge in [0.25, 0.3) is 0 Å². The molecule has 2 N–H and O–H groups in total. The van der Waals surface area contributed by atoms with Crippen molar-refractivity contribution in [1.82, 2.24) is 4.98 Å². The summed E-state index contributed by atoms with van der Waals surface area (Å²) < 4.78 is 61.3. The van der Waals surface area contributed by atoms with Crippen molar-refractivity contribution in [3.8, 4) is 5.75 Å². The summed E-state index contributed by atoms with van der Waals surface area (Å²) in [5.41, 5.74) is -2.59. The number of anilines is 1. The molecule has 0 bridgehead atoms. The summed E-state index contributed by atoms with van der Waals surface area (Å²) in [4.78, 5) is 4.20. The summed E-state index contributed by atoms with van der Waals surface area (Å²) in [6, 6.07) is 12.3. The van der Waals surface area contributed by atoms with Crippen LogP contribution in [0, 0.1) is 5.82 Å². The van der Waals surface area contributed by atoms with E-state index in [0.717, 1.165) is 0 Å². The first-order valence-corrected chi connectivity index (χ1v) is 9.88. The lowest BCUT2D eigenvalue weighted by Gasteiger charge is -2.35. The first-order valence-electron chi connectivity index (χ1n) is 9.88. The zero-order chi connectivity index (χ0) is 22.3. The van der Waals surface area contributed by atoms with E-state index in [0.29, 0.717) is 40.7 Å². The maximum absolute atomic E-state index is 14.0. The third-order valence-electron chi connectivity index (χ3n) is 5.96. The van der Waals surface area contributed by atoms with Crippen molar-refractivity contribution in [2.45, 2.75) is 36.5 Å². The minimum absolute atomic E-state index is 0.316. The average Bonchev–Trinajstić information content (AvgIpc) is 3.51. The van der Waals surface area contributed by atoms with E-state index in [1.54, 1.807) is 36.5 Å². The Morgan fingerprint density at radius 3 is 2.58 bits per heavy atom. The van der Waals surface area contributed by atoms with E-state index in [2.05, 4.69) is 10.3 Å². The summed E-state index contributed by atoms with van der Waals surface area (Å²) in [5, 5.41) is 14.2. The Kier molecular flexibility index (Phi) is 5.29. The van der Waals surface area contributed by atoms with Gasteiger partial charge >= 0.3 is 6.18 Å². The molecule has 0 saturated heterocycles. The lowest BCUT2D eigenvalue weighted by atomic mass is 9.82. The van der Waals surface area contributed by atoms with Gasteiger partial charge in [-0.3, -0.25) is 4.98 Å². The van der Waals surface area contributed by atoms with Crippen molar-refractivity contribution in [3.63, 3.8) is 0 Å². The van der Waals surface area contributed by atoms with E-state index in [4.69, 9.17) is 4.74 Å². The zero-order valence-electron chi connectivity index (χ0n) is 16.8. The Morgan fingerprint density at radius 2 is 1.90 bits per heavy atom. The molecule has 1 saturated carbocycles. The number of benzene rings is 2. The Bertz CT molecular complexity index is 1090. The molecule has 3 aromatic rings. The van der Waals surface area contributed by atoms with E-state index in [-0.39, 0.29) is 0 Å². The molecule has 1 aliphatic rings. The van der Waals surface area contributed by atoms with Crippen LogP contribution >= 0.6 is 0 Å². The SMILES string of the molecule is COc1ccc(F)cc1C1(CC(O)(CNc2cccc3ncccc23)C(F)(F)F)CC1. The van der Waals surface area contributed by atoms with E-state index in [1.165, 1.54) is 25.3 Å². The van der Waals surface area contributed by atoms with Crippen LogP contribution in [0.5, 0.6) is 5.75 Å². The largest absolute Gasteiger partial charge is 0.496 e. The second kappa shape index (κ2) is 7.67. The maximum atomic E-state index is 14.0. The fourth-order valence-electron chi connectivity index (χ4n) is 4.11. The number of hydrogen-bond donors (Lipinski definition) is 2. The quantitative estimate of drug-likeness (QED) is 0.502. The van der Waals surface area contributed by atoms with Crippen LogP contribution in [0.1, 0.15) is 24.8 Å². The van der Waals surface area contributed by atoms with Gasteiger partial charge in [0.05, 0.1) is 19.2 Å². The van der Waals surface area contributed by atoms with Gasteiger partial charge in [-0.1, -0.05) is 6.07 Å². The van der Waals surface area contributed by atoms with E-state index in [9.17, 15) is 22.7 Å². The minimum Gasteiger partial charge on any atom is -0.496 e. The molecule has 0 spiro atoms. The predicted octanol–water partition coefficient (Wildman–Crippen LogP) is 5.21. The molecule has 31 heavy (non-hydrogen) atoms. The Morgan fingerprint density at radius 1 is 1.13 bits per heavy atom. The van der Waals surface area contributed by atoms with Crippen LogP contribution in [0.25, 0.3) is 10.9 Å². The average molecular weight is 434 g/mol. The van der Waals surface area contributed by atoms with Crippen molar-refractivity contribution in [2.75, 3.05) is 19.0 Å². The van der Waals surface area contributed by atoms with Crippen molar-refractivity contribution in [2.24, 2.45) is 0 Å². The molecule has 1 heterocycles. The lowest BCUT2D eigenvalue weighted by molar-refractivity contribution is -0.259. The standard InChI is InChI=1S/C23H22F4N2O2/c1-31-20-8-7-15(24)12-17(20)21(9-10-21)13-22(30,23(25,26)27)14-29-19-6-2-5-18-16(19)4-3-11-28-18/h2-8,11-12,29-30H,9-10,13-14H2,1H3. The molecule has 0 radical (unpaired) electrons. The smallest absolute Gasteiger partial charge is 0.418 e. The fraction of sp³-hybridized carbons (Fsp3) is 0.348. The van der Waals surface area contributed by atoms with Crippen LogP contribution in [-0.2, 0) is 5.41 Å². The predicted molar refractivity (Wildman–Crippen MR) is 110 cm³/mol. The monoisotopic (exact) mass is 434 g/mol. The molecule has 1 atom stereocenters. The Balaban J connectivity index is 1.64. The topological polar surface area (TPSA) is 54.4 Å². The van der Waals surface area contributed by atoms with Crippen LogP contribution in [0.15, 0.2) is 54.7 Å². The summed E-state index contributed by atoms with van der Waals surface area (Å²) in [7, 11) is 1.39.